The van der Waals surface area contributed by atoms with Crippen molar-refractivity contribution >= 4 is 11.5 Å². The van der Waals surface area contributed by atoms with Crippen LogP contribution in [0.15, 0.2) is 18.5 Å². The van der Waals surface area contributed by atoms with Crippen molar-refractivity contribution in [3.8, 4) is 6.01 Å². The van der Waals surface area contributed by atoms with Gasteiger partial charge in [-0.3, -0.25) is 4.98 Å². The zero-order valence-electron chi connectivity index (χ0n) is 18.0. The van der Waals surface area contributed by atoms with E-state index in [1.807, 2.05) is 13.1 Å². The molecule has 2 N–H and O–H groups in total. The lowest BCUT2D eigenvalue weighted by Crippen LogP contribution is -2.15. The zero-order chi connectivity index (χ0) is 20.8. The number of ether oxygens (including phenoxy) is 1. The van der Waals surface area contributed by atoms with Crippen LogP contribution in [0.3, 0.4) is 0 Å². The summed E-state index contributed by atoms with van der Waals surface area (Å²) in [7, 11) is 0. The standard InChI is InChI=1S/C22H32N6O/c1-5-7-8-10-19-15(3)11-17(13-24-19)12-18-14-25-21-20(23)26-22(27-28(18)21)29-16(4)9-6-2/h11,13-14,16H,5-10,12H2,1-4H3,(H2,23,26,27). The average molecular weight is 397 g/mol. The van der Waals surface area contributed by atoms with Gasteiger partial charge in [-0.1, -0.05) is 39.2 Å². The van der Waals surface area contributed by atoms with Crippen molar-refractivity contribution in [2.45, 2.75) is 78.7 Å². The van der Waals surface area contributed by atoms with E-state index in [4.69, 9.17) is 15.5 Å². The Morgan fingerprint density at radius 1 is 1.14 bits per heavy atom. The predicted molar refractivity (Wildman–Crippen MR) is 115 cm³/mol. The molecule has 0 radical (unpaired) electrons. The summed E-state index contributed by atoms with van der Waals surface area (Å²) in [5.41, 5.74) is 11.1. The molecule has 0 bridgehead atoms. The van der Waals surface area contributed by atoms with Crippen LogP contribution in [0.25, 0.3) is 5.65 Å². The van der Waals surface area contributed by atoms with Crippen LogP contribution >= 0.6 is 0 Å². The van der Waals surface area contributed by atoms with Crippen molar-refractivity contribution in [2.75, 3.05) is 5.73 Å². The minimum Gasteiger partial charge on any atom is -0.459 e. The van der Waals surface area contributed by atoms with Gasteiger partial charge in [0.15, 0.2) is 11.5 Å². The average Bonchev–Trinajstić information content (AvgIpc) is 3.07. The Morgan fingerprint density at radius 3 is 2.69 bits per heavy atom. The van der Waals surface area contributed by atoms with Gasteiger partial charge in [0, 0.05) is 18.3 Å². The molecule has 1 unspecified atom stereocenters. The van der Waals surface area contributed by atoms with Crippen LogP contribution in [-0.2, 0) is 12.8 Å². The number of anilines is 1. The van der Waals surface area contributed by atoms with Crippen LogP contribution in [0, 0.1) is 6.92 Å². The van der Waals surface area contributed by atoms with Crippen molar-refractivity contribution in [3.63, 3.8) is 0 Å². The molecule has 0 aliphatic carbocycles. The molecular weight excluding hydrogens is 364 g/mol. The molecule has 0 aliphatic rings. The molecule has 3 aromatic heterocycles. The number of unbranched alkanes of at least 4 members (excludes halogenated alkanes) is 2. The summed E-state index contributed by atoms with van der Waals surface area (Å²) in [6, 6.07) is 2.50. The topological polar surface area (TPSA) is 91.2 Å². The summed E-state index contributed by atoms with van der Waals surface area (Å²) < 4.78 is 7.57. The fourth-order valence-electron chi connectivity index (χ4n) is 3.52. The Morgan fingerprint density at radius 2 is 1.97 bits per heavy atom. The minimum atomic E-state index is 0.0379. The van der Waals surface area contributed by atoms with Crippen LogP contribution in [0.5, 0.6) is 6.01 Å². The first-order valence-corrected chi connectivity index (χ1v) is 10.6. The number of imidazole rings is 1. The molecule has 3 rings (SSSR count). The Hall–Kier alpha value is -2.70. The lowest BCUT2D eigenvalue weighted by atomic mass is 10.0. The van der Waals surface area contributed by atoms with Crippen molar-refractivity contribution in [2.24, 2.45) is 0 Å². The van der Waals surface area contributed by atoms with Crippen molar-refractivity contribution in [1.29, 1.82) is 0 Å². The molecule has 0 spiro atoms. The summed E-state index contributed by atoms with van der Waals surface area (Å²) in [5, 5.41) is 4.52. The highest BCUT2D eigenvalue weighted by atomic mass is 16.5. The maximum absolute atomic E-state index is 6.09. The molecule has 0 fully saturated rings. The van der Waals surface area contributed by atoms with Gasteiger partial charge in [0.25, 0.3) is 0 Å². The minimum absolute atomic E-state index is 0.0379. The zero-order valence-corrected chi connectivity index (χ0v) is 18.0. The van der Waals surface area contributed by atoms with E-state index in [1.165, 1.54) is 30.5 Å². The Labute approximate surface area is 172 Å². The largest absolute Gasteiger partial charge is 0.459 e. The first kappa shape index (κ1) is 21.0. The number of hydrogen-bond donors (Lipinski definition) is 1. The lowest BCUT2D eigenvalue weighted by molar-refractivity contribution is 0.189. The molecule has 3 aromatic rings. The molecule has 0 aliphatic heterocycles. The highest BCUT2D eigenvalue weighted by Gasteiger charge is 2.14. The summed E-state index contributed by atoms with van der Waals surface area (Å²) in [6.07, 6.45) is 11.1. The van der Waals surface area contributed by atoms with Gasteiger partial charge in [0.05, 0.1) is 18.0 Å². The first-order valence-electron chi connectivity index (χ1n) is 10.6. The quantitative estimate of drug-likeness (QED) is 0.514. The number of rotatable bonds is 10. The molecule has 0 aromatic carbocycles. The number of aromatic nitrogens is 5. The van der Waals surface area contributed by atoms with Gasteiger partial charge in [-0.25, -0.2) is 9.50 Å². The van der Waals surface area contributed by atoms with Crippen molar-refractivity contribution < 1.29 is 4.74 Å². The van der Waals surface area contributed by atoms with Gasteiger partial charge in [-0.05, 0) is 44.2 Å². The van der Waals surface area contributed by atoms with E-state index in [0.717, 1.165) is 30.5 Å². The van der Waals surface area contributed by atoms with Gasteiger partial charge in [0.1, 0.15) is 0 Å². The third-order valence-electron chi connectivity index (χ3n) is 5.09. The Bertz CT molecular complexity index is 952. The van der Waals surface area contributed by atoms with Gasteiger partial charge < -0.3 is 10.5 Å². The van der Waals surface area contributed by atoms with Crippen molar-refractivity contribution in [3.05, 3.63) is 41.0 Å². The van der Waals surface area contributed by atoms with E-state index in [-0.39, 0.29) is 12.1 Å². The number of nitrogen functional groups attached to an aromatic ring is 1. The van der Waals surface area contributed by atoms with Gasteiger partial charge >= 0.3 is 6.01 Å². The molecule has 3 heterocycles. The fourth-order valence-corrected chi connectivity index (χ4v) is 3.52. The number of nitrogens with zero attached hydrogens (tertiary/aromatic N) is 5. The van der Waals surface area contributed by atoms with E-state index in [0.29, 0.717) is 17.9 Å². The number of hydrogen-bond acceptors (Lipinski definition) is 6. The SMILES string of the molecule is CCCCCc1ncc(Cc2cnc3c(N)nc(OC(C)CCC)nn23)cc1C. The van der Waals surface area contributed by atoms with Crippen LogP contribution in [0.1, 0.15) is 75.4 Å². The maximum Gasteiger partial charge on any atom is 0.336 e. The van der Waals surface area contributed by atoms with Crippen molar-refractivity contribution in [1.82, 2.24) is 24.6 Å². The molecular formula is C22H32N6O. The molecule has 29 heavy (non-hydrogen) atoms. The molecule has 156 valence electrons. The third kappa shape index (κ3) is 5.22. The predicted octanol–water partition coefficient (Wildman–Crippen LogP) is 4.30. The van der Waals surface area contributed by atoms with E-state index in [1.54, 1.807) is 10.7 Å². The second kappa shape index (κ2) is 9.67. The summed E-state index contributed by atoms with van der Waals surface area (Å²) in [4.78, 5) is 13.3. The van der Waals surface area contributed by atoms with E-state index < -0.39 is 0 Å². The van der Waals surface area contributed by atoms with Gasteiger partial charge in [0.2, 0.25) is 0 Å². The molecule has 0 amide bonds. The number of nitrogens with two attached hydrogens (primary N) is 1. The second-order valence-corrected chi connectivity index (χ2v) is 7.72. The maximum atomic E-state index is 6.09. The summed E-state index contributed by atoms with van der Waals surface area (Å²) in [6.45, 7) is 8.49. The van der Waals surface area contributed by atoms with Gasteiger partial charge in [-0.2, -0.15) is 4.98 Å². The summed E-state index contributed by atoms with van der Waals surface area (Å²) in [5.74, 6) is 0.325. The second-order valence-electron chi connectivity index (χ2n) is 7.72. The monoisotopic (exact) mass is 396 g/mol. The van der Waals surface area contributed by atoms with Crippen LogP contribution < -0.4 is 10.5 Å². The smallest absolute Gasteiger partial charge is 0.336 e. The van der Waals surface area contributed by atoms with Crippen LogP contribution in [0.2, 0.25) is 0 Å². The lowest BCUT2D eigenvalue weighted by Gasteiger charge is -2.12. The number of fused-ring (bicyclic) bond motifs is 1. The molecule has 0 saturated carbocycles. The van der Waals surface area contributed by atoms with Gasteiger partial charge in [-0.15, -0.1) is 5.10 Å². The number of pyridine rings is 1. The highest BCUT2D eigenvalue weighted by Crippen LogP contribution is 2.19. The Kier molecular flexibility index (Phi) is 7.01. The molecule has 1 atom stereocenters. The normalized spacial score (nSPS) is 12.4. The molecule has 7 nitrogen and oxygen atoms in total. The molecule has 7 heteroatoms. The number of aryl methyl sites for hydroxylation is 2. The Balaban J connectivity index is 1.81. The summed E-state index contributed by atoms with van der Waals surface area (Å²) >= 11 is 0. The van der Waals surface area contributed by atoms with E-state index in [9.17, 15) is 0 Å². The first-order chi connectivity index (χ1) is 14.0. The van der Waals surface area contributed by atoms with E-state index >= 15 is 0 Å². The highest BCUT2D eigenvalue weighted by molar-refractivity contribution is 5.59. The molecule has 0 saturated heterocycles. The van der Waals surface area contributed by atoms with Crippen LogP contribution in [0.4, 0.5) is 5.82 Å². The van der Waals surface area contributed by atoms with Crippen LogP contribution in [-0.4, -0.2) is 30.7 Å². The van der Waals surface area contributed by atoms with E-state index in [2.05, 4.69) is 41.9 Å². The third-order valence-corrected chi connectivity index (χ3v) is 5.09. The fraction of sp³-hybridized carbons (Fsp3) is 0.545.